The zero-order chi connectivity index (χ0) is 33.5. The van der Waals surface area contributed by atoms with Crippen LogP contribution in [0, 0.1) is 0 Å². The molecule has 0 bridgehead atoms. The monoisotopic (exact) mass is 649 g/mol. The lowest BCUT2D eigenvalue weighted by molar-refractivity contribution is 1.13. The lowest BCUT2D eigenvalue weighted by Gasteiger charge is -2.12. The largest absolute Gasteiger partial charge is 0.317 e. The van der Waals surface area contributed by atoms with Crippen molar-refractivity contribution in [2.45, 2.75) is 0 Å². The summed E-state index contributed by atoms with van der Waals surface area (Å²) >= 11 is 0. The Morgan fingerprint density at radius 2 is 0.843 bits per heavy atom. The molecule has 0 atom stereocenters. The van der Waals surface area contributed by atoms with Crippen LogP contribution >= 0.6 is 0 Å². The van der Waals surface area contributed by atoms with Gasteiger partial charge in [-0.25, -0.2) is 0 Å². The average Bonchev–Trinajstić information content (AvgIpc) is 3.88. The molecular formula is C48H31N3. The first-order valence-corrected chi connectivity index (χ1v) is 17.5. The highest BCUT2D eigenvalue weighted by Crippen LogP contribution is 2.39. The van der Waals surface area contributed by atoms with Crippen LogP contribution in [0.5, 0.6) is 0 Å². The van der Waals surface area contributed by atoms with Gasteiger partial charge in [-0.2, -0.15) is 0 Å². The van der Waals surface area contributed by atoms with E-state index in [1.807, 2.05) is 0 Å². The summed E-state index contributed by atoms with van der Waals surface area (Å²) in [6, 6.07) is 66.3. The summed E-state index contributed by atoms with van der Waals surface area (Å²) in [6.45, 7) is 0. The van der Waals surface area contributed by atoms with Gasteiger partial charge in [-0.15, -0.1) is 0 Å². The maximum atomic E-state index is 2.44. The summed E-state index contributed by atoms with van der Waals surface area (Å²) in [5.41, 5.74) is 12.0. The zero-order valence-electron chi connectivity index (χ0n) is 27.7. The molecule has 0 radical (unpaired) electrons. The summed E-state index contributed by atoms with van der Waals surface area (Å²) in [4.78, 5) is 0. The Labute approximate surface area is 294 Å². The highest BCUT2D eigenvalue weighted by Gasteiger charge is 2.17. The van der Waals surface area contributed by atoms with Crippen molar-refractivity contribution >= 4 is 65.3 Å². The molecule has 0 fully saturated rings. The zero-order valence-corrected chi connectivity index (χ0v) is 27.7. The van der Waals surface area contributed by atoms with Crippen LogP contribution < -0.4 is 0 Å². The first-order chi connectivity index (χ1) is 25.3. The predicted octanol–water partition coefficient (Wildman–Crippen LogP) is 12.6. The molecule has 51 heavy (non-hydrogen) atoms. The maximum absolute atomic E-state index is 2.44. The number of nitrogens with zero attached hydrogens (tertiary/aromatic N) is 3. The van der Waals surface area contributed by atoms with E-state index in [1.54, 1.807) is 0 Å². The fraction of sp³-hybridized carbons (Fsp3) is 0. The third-order valence-corrected chi connectivity index (χ3v) is 10.6. The second-order valence-corrected chi connectivity index (χ2v) is 13.4. The van der Waals surface area contributed by atoms with E-state index >= 15 is 0 Å². The molecule has 3 heteroatoms. The van der Waals surface area contributed by atoms with Gasteiger partial charge in [-0.1, -0.05) is 97.1 Å². The van der Waals surface area contributed by atoms with Crippen LogP contribution in [-0.4, -0.2) is 13.7 Å². The minimum atomic E-state index is 1.15. The molecule has 11 aromatic rings. The van der Waals surface area contributed by atoms with Crippen molar-refractivity contribution in [3.8, 4) is 28.2 Å². The SMILES string of the molecule is c1ccc(-n2ccc3c4cc5c6ccccc6n(-c6cccc(-c7ccc8c(c7)c7ccccc7n8-c7ccccc7)c6)c5cc4ccc32)cc1. The quantitative estimate of drug-likeness (QED) is 0.180. The normalized spacial score (nSPS) is 11.9. The molecule has 11 rings (SSSR count). The van der Waals surface area contributed by atoms with Gasteiger partial charge in [0, 0.05) is 50.2 Å². The van der Waals surface area contributed by atoms with E-state index in [4.69, 9.17) is 0 Å². The van der Waals surface area contributed by atoms with Crippen LogP contribution in [0.2, 0.25) is 0 Å². The molecule has 0 aliphatic carbocycles. The molecule has 3 aromatic heterocycles. The fourth-order valence-corrected chi connectivity index (χ4v) is 8.34. The third-order valence-electron chi connectivity index (χ3n) is 10.6. The summed E-state index contributed by atoms with van der Waals surface area (Å²) in [5, 5.41) is 8.81. The summed E-state index contributed by atoms with van der Waals surface area (Å²) < 4.78 is 7.09. The maximum Gasteiger partial charge on any atom is 0.0547 e. The van der Waals surface area contributed by atoms with Gasteiger partial charge in [0.15, 0.2) is 0 Å². The molecule has 238 valence electrons. The molecule has 0 N–H and O–H groups in total. The van der Waals surface area contributed by atoms with E-state index in [1.165, 1.54) is 87.8 Å². The Hall–Kier alpha value is -6.84. The molecule has 0 spiro atoms. The first-order valence-electron chi connectivity index (χ1n) is 17.5. The van der Waals surface area contributed by atoms with Crippen LogP contribution in [0.4, 0.5) is 0 Å². The van der Waals surface area contributed by atoms with Crippen LogP contribution in [0.3, 0.4) is 0 Å². The molecule has 0 saturated heterocycles. The van der Waals surface area contributed by atoms with Gasteiger partial charge in [-0.05, 0) is 107 Å². The van der Waals surface area contributed by atoms with Gasteiger partial charge in [0.1, 0.15) is 0 Å². The summed E-state index contributed by atoms with van der Waals surface area (Å²) in [6.07, 6.45) is 2.19. The second kappa shape index (κ2) is 10.8. The molecule has 3 heterocycles. The summed E-state index contributed by atoms with van der Waals surface area (Å²) in [5.74, 6) is 0. The van der Waals surface area contributed by atoms with E-state index in [2.05, 4.69) is 202 Å². The number of para-hydroxylation sites is 4. The average molecular weight is 650 g/mol. The first kappa shape index (κ1) is 28.0. The fourth-order valence-electron chi connectivity index (χ4n) is 8.34. The third kappa shape index (κ3) is 4.19. The van der Waals surface area contributed by atoms with E-state index in [-0.39, 0.29) is 0 Å². The number of hydrogen-bond acceptors (Lipinski definition) is 0. The Morgan fingerprint density at radius 1 is 0.275 bits per heavy atom. The van der Waals surface area contributed by atoms with Gasteiger partial charge < -0.3 is 13.7 Å². The van der Waals surface area contributed by atoms with E-state index in [0.29, 0.717) is 0 Å². The molecule has 0 aliphatic rings. The Bertz CT molecular complexity index is 3120. The Kier molecular flexibility index (Phi) is 5.96. The number of benzene rings is 8. The lowest BCUT2D eigenvalue weighted by atomic mass is 10.0. The van der Waals surface area contributed by atoms with Crippen LogP contribution in [0.15, 0.2) is 188 Å². The molecule has 0 saturated carbocycles. The Balaban J connectivity index is 1.09. The van der Waals surface area contributed by atoms with Gasteiger partial charge in [-0.3, -0.25) is 0 Å². The van der Waals surface area contributed by atoms with E-state index in [0.717, 1.165) is 5.69 Å². The standard InChI is InChI=1S/C48H31N3/c1-3-13-35(14-4-1)49-27-26-40-41-31-43-39-19-8-10-21-46(39)51(48(43)30-34(41)23-24-44(40)49)37-17-11-12-32(28-37)33-22-25-47-42(29-33)38-18-7-9-20-45(38)50(47)36-15-5-2-6-16-36/h1-31H. The molecular weight excluding hydrogens is 619 g/mol. The van der Waals surface area contributed by atoms with E-state index < -0.39 is 0 Å². The molecule has 8 aromatic carbocycles. The Morgan fingerprint density at radius 3 is 1.61 bits per heavy atom. The minimum absolute atomic E-state index is 1.15. The highest BCUT2D eigenvalue weighted by molar-refractivity contribution is 6.18. The van der Waals surface area contributed by atoms with Crippen molar-refractivity contribution in [2.75, 3.05) is 0 Å². The van der Waals surface area contributed by atoms with Crippen LogP contribution in [0.25, 0.3) is 93.5 Å². The van der Waals surface area contributed by atoms with Crippen molar-refractivity contribution in [2.24, 2.45) is 0 Å². The molecule has 0 unspecified atom stereocenters. The number of fused-ring (bicyclic) bond motifs is 9. The molecule has 0 amide bonds. The van der Waals surface area contributed by atoms with E-state index in [9.17, 15) is 0 Å². The second-order valence-electron chi connectivity index (χ2n) is 13.4. The molecule has 0 aliphatic heterocycles. The van der Waals surface area contributed by atoms with Crippen molar-refractivity contribution in [1.82, 2.24) is 13.7 Å². The lowest BCUT2D eigenvalue weighted by Crippen LogP contribution is -1.95. The minimum Gasteiger partial charge on any atom is -0.317 e. The number of rotatable bonds is 4. The smallest absolute Gasteiger partial charge is 0.0547 e. The van der Waals surface area contributed by atoms with Gasteiger partial charge in [0.2, 0.25) is 0 Å². The molecule has 3 nitrogen and oxygen atoms in total. The van der Waals surface area contributed by atoms with Gasteiger partial charge in [0.25, 0.3) is 0 Å². The van der Waals surface area contributed by atoms with Gasteiger partial charge in [0.05, 0.1) is 27.6 Å². The summed E-state index contributed by atoms with van der Waals surface area (Å²) in [7, 11) is 0. The van der Waals surface area contributed by atoms with Crippen molar-refractivity contribution in [3.05, 3.63) is 188 Å². The van der Waals surface area contributed by atoms with Gasteiger partial charge >= 0.3 is 0 Å². The van der Waals surface area contributed by atoms with Crippen LogP contribution in [0.1, 0.15) is 0 Å². The van der Waals surface area contributed by atoms with Crippen LogP contribution in [-0.2, 0) is 0 Å². The van der Waals surface area contributed by atoms with Crippen molar-refractivity contribution in [3.63, 3.8) is 0 Å². The topological polar surface area (TPSA) is 14.8 Å². The van der Waals surface area contributed by atoms with Crippen molar-refractivity contribution < 1.29 is 0 Å². The predicted molar refractivity (Wildman–Crippen MR) is 215 cm³/mol. The number of hydrogen-bond donors (Lipinski definition) is 0. The number of aromatic nitrogens is 3. The highest BCUT2D eigenvalue weighted by atomic mass is 15.0. The van der Waals surface area contributed by atoms with Crippen molar-refractivity contribution in [1.29, 1.82) is 0 Å².